The summed E-state index contributed by atoms with van der Waals surface area (Å²) >= 11 is 0. The van der Waals surface area contributed by atoms with Crippen LogP contribution in [-0.4, -0.2) is 30.1 Å². The molecule has 1 saturated carbocycles. The molecule has 1 aliphatic rings. The van der Waals surface area contributed by atoms with Gasteiger partial charge in [0.15, 0.2) is 5.82 Å². The van der Waals surface area contributed by atoms with Crippen molar-refractivity contribution < 1.29 is 4.42 Å². The third-order valence-electron chi connectivity index (χ3n) is 7.98. The van der Waals surface area contributed by atoms with E-state index >= 15 is 0 Å². The Morgan fingerprint density at radius 3 is 2.67 bits per heavy atom. The Morgan fingerprint density at radius 2 is 1.94 bits per heavy atom. The van der Waals surface area contributed by atoms with Crippen molar-refractivity contribution in [3.63, 3.8) is 0 Å². The number of nitrogens with zero attached hydrogens (tertiary/aromatic N) is 5. The molecule has 0 amide bonds. The van der Waals surface area contributed by atoms with E-state index in [1.807, 2.05) is 35.0 Å². The van der Waals surface area contributed by atoms with Crippen molar-refractivity contribution in [2.24, 2.45) is 0 Å². The van der Waals surface area contributed by atoms with Gasteiger partial charge in [-0.2, -0.15) is 0 Å². The highest BCUT2D eigenvalue weighted by atomic mass is 16.3. The van der Waals surface area contributed by atoms with E-state index < -0.39 is 5.54 Å². The van der Waals surface area contributed by atoms with Gasteiger partial charge in [-0.1, -0.05) is 37.8 Å². The van der Waals surface area contributed by atoms with Crippen LogP contribution in [0.15, 0.2) is 51.9 Å². The summed E-state index contributed by atoms with van der Waals surface area (Å²) in [6.45, 7) is 9.63. The Kier molecular flexibility index (Phi) is 6.55. The first-order valence-electron chi connectivity index (χ1n) is 13.0. The quantitative estimate of drug-likeness (QED) is 0.356. The molecular formula is C28H36N6O2. The maximum atomic E-state index is 13.3. The lowest BCUT2D eigenvalue weighted by molar-refractivity contribution is 0.0105. The Labute approximate surface area is 211 Å². The number of aromatic amines is 1. The summed E-state index contributed by atoms with van der Waals surface area (Å²) in [5, 5.41) is 14.3. The van der Waals surface area contributed by atoms with E-state index in [1.165, 1.54) is 6.42 Å². The van der Waals surface area contributed by atoms with Crippen LogP contribution < -0.4 is 5.56 Å². The molecule has 0 bridgehead atoms. The van der Waals surface area contributed by atoms with Gasteiger partial charge < -0.3 is 9.40 Å². The van der Waals surface area contributed by atoms with Crippen LogP contribution in [0.25, 0.3) is 10.9 Å². The fourth-order valence-corrected chi connectivity index (χ4v) is 5.50. The van der Waals surface area contributed by atoms with Crippen LogP contribution >= 0.6 is 0 Å². The molecule has 36 heavy (non-hydrogen) atoms. The fraction of sp³-hybridized carbons (Fsp3) is 0.500. The zero-order chi connectivity index (χ0) is 25.3. The predicted molar refractivity (Wildman–Crippen MR) is 139 cm³/mol. The third kappa shape index (κ3) is 4.50. The Balaban J connectivity index is 1.64. The van der Waals surface area contributed by atoms with Gasteiger partial charge in [0.2, 0.25) is 0 Å². The normalized spacial score (nSPS) is 16.1. The molecule has 0 radical (unpaired) electrons. The number of aryl methyl sites for hydroxylation is 1. The van der Waals surface area contributed by atoms with Gasteiger partial charge in [0.25, 0.3) is 5.56 Å². The van der Waals surface area contributed by atoms with Crippen LogP contribution in [0.5, 0.6) is 0 Å². The topological polar surface area (TPSA) is 92.8 Å². The number of fused-ring (bicyclic) bond motifs is 1. The minimum Gasteiger partial charge on any atom is -0.468 e. The van der Waals surface area contributed by atoms with Crippen LogP contribution in [0.4, 0.5) is 0 Å². The second-order valence-corrected chi connectivity index (χ2v) is 10.8. The van der Waals surface area contributed by atoms with Gasteiger partial charge in [0.1, 0.15) is 5.76 Å². The number of hydrogen-bond acceptors (Lipinski definition) is 6. The molecule has 8 nitrogen and oxygen atoms in total. The predicted octanol–water partition coefficient (Wildman–Crippen LogP) is 5.42. The average molecular weight is 489 g/mol. The summed E-state index contributed by atoms with van der Waals surface area (Å²) in [4.78, 5) is 18.7. The van der Waals surface area contributed by atoms with Crippen molar-refractivity contribution in [1.29, 1.82) is 0 Å². The molecule has 0 aliphatic heterocycles. The van der Waals surface area contributed by atoms with E-state index in [0.717, 1.165) is 65.7 Å². The maximum absolute atomic E-state index is 13.3. The van der Waals surface area contributed by atoms with E-state index in [4.69, 9.17) is 4.42 Å². The number of tetrazole rings is 1. The van der Waals surface area contributed by atoms with E-state index in [1.54, 1.807) is 6.26 Å². The van der Waals surface area contributed by atoms with E-state index in [9.17, 15) is 4.79 Å². The smallest absolute Gasteiger partial charge is 0.252 e. The molecule has 190 valence electrons. The van der Waals surface area contributed by atoms with Crippen molar-refractivity contribution in [3.8, 4) is 0 Å². The first kappa shape index (κ1) is 24.4. The standard InChI is InChI=1S/C28H36N6O2/c1-5-27(3,4)34-26(30-31-32-34)28(13-7-6-8-14-28)33(19-23-10-9-15-36-23)18-22-17-21-16-20(2)11-12-24(21)29-25(22)35/h9-12,15-17H,5-8,13-14,18-19H2,1-4H3,(H,29,35). The minimum absolute atomic E-state index is 0.0600. The highest BCUT2D eigenvalue weighted by Gasteiger charge is 2.46. The van der Waals surface area contributed by atoms with Crippen LogP contribution in [0.3, 0.4) is 0 Å². The van der Waals surface area contributed by atoms with Crippen LogP contribution in [0, 0.1) is 6.92 Å². The number of aromatic nitrogens is 5. The summed E-state index contributed by atoms with van der Waals surface area (Å²) in [5.74, 6) is 1.75. The lowest BCUT2D eigenvalue weighted by Gasteiger charge is -2.46. The van der Waals surface area contributed by atoms with Gasteiger partial charge in [-0.3, -0.25) is 9.69 Å². The van der Waals surface area contributed by atoms with Crippen LogP contribution in [0.1, 0.15) is 82.0 Å². The number of rotatable bonds is 8. The number of furan rings is 1. The summed E-state index contributed by atoms with van der Waals surface area (Å²) in [5.41, 5.74) is 2.06. The molecule has 4 aromatic rings. The second-order valence-electron chi connectivity index (χ2n) is 10.8. The van der Waals surface area contributed by atoms with Gasteiger partial charge in [-0.25, -0.2) is 4.68 Å². The number of H-pyrrole nitrogens is 1. The van der Waals surface area contributed by atoms with Crippen molar-refractivity contribution >= 4 is 10.9 Å². The van der Waals surface area contributed by atoms with Crippen molar-refractivity contribution in [1.82, 2.24) is 30.1 Å². The van der Waals surface area contributed by atoms with Gasteiger partial charge in [0.05, 0.1) is 23.9 Å². The average Bonchev–Trinajstić information content (AvgIpc) is 3.58. The molecule has 1 fully saturated rings. The highest BCUT2D eigenvalue weighted by molar-refractivity contribution is 5.79. The first-order valence-corrected chi connectivity index (χ1v) is 13.0. The Bertz CT molecular complexity index is 1380. The molecular weight excluding hydrogens is 452 g/mol. The molecule has 5 rings (SSSR count). The summed E-state index contributed by atoms with van der Waals surface area (Å²) < 4.78 is 7.82. The highest BCUT2D eigenvalue weighted by Crippen LogP contribution is 2.44. The van der Waals surface area contributed by atoms with Crippen molar-refractivity contribution in [2.45, 2.75) is 90.4 Å². The molecule has 0 saturated heterocycles. The molecule has 3 aromatic heterocycles. The monoisotopic (exact) mass is 488 g/mol. The second kappa shape index (κ2) is 9.65. The lowest BCUT2D eigenvalue weighted by atomic mass is 9.78. The molecule has 0 spiro atoms. The zero-order valence-electron chi connectivity index (χ0n) is 21.8. The molecule has 1 aliphatic carbocycles. The van der Waals surface area contributed by atoms with E-state index in [2.05, 4.69) is 59.2 Å². The maximum Gasteiger partial charge on any atom is 0.252 e. The molecule has 1 N–H and O–H groups in total. The largest absolute Gasteiger partial charge is 0.468 e. The summed E-state index contributed by atoms with van der Waals surface area (Å²) in [7, 11) is 0. The summed E-state index contributed by atoms with van der Waals surface area (Å²) in [6, 6.07) is 12.1. The number of benzene rings is 1. The lowest BCUT2D eigenvalue weighted by Crippen LogP contribution is -2.50. The van der Waals surface area contributed by atoms with Crippen LogP contribution in [0.2, 0.25) is 0 Å². The number of nitrogens with one attached hydrogen (secondary N) is 1. The Hall–Kier alpha value is -3.26. The van der Waals surface area contributed by atoms with E-state index in [0.29, 0.717) is 13.1 Å². The molecule has 1 aromatic carbocycles. The summed E-state index contributed by atoms with van der Waals surface area (Å²) in [6.07, 6.45) is 7.82. The SMILES string of the molecule is CCC(C)(C)n1nnnc1C1(N(Cc2ccco2)Cc2cc3cc(C)ccc3[nH]c2=O)CCCCC1. The number of pyridine rings is 1. The Morgan fingerprint density at radius 1 is 1.14 bits per heavy atom. The van der Waals surface area contributed by atoms with E-state index in [-0.39, 0.29) is 11.1 Å². The van der Waals surface area contributed by atoms with Gasteiger partial charge in [-0.05, 0) is 86.2 Å². The molecule has 0 atom stereocenters. The van der Waals surface area contributed by atoms with Crippen LogP contribution in [-0.2, 0) is 24.2 Å². The van der Waals surface area contributed by atoms with Gasteiger partial charge in [-0.15, -0.1) is 5.10 Å². The van der Waals surface area contributed by atoms with Gasteiger partial charge >= 0.3 is 0 Å². The van der Waals surface area contributed by atoms with Gasteiger partial charge in [0, 0.05) is 17.6 Å². The minimum atomic E-state index is -0.408. The van der Waals surface area contributed by atoms with Crippen molar-refractivity contribution in [2.75, 3.05) is 0 Å². The molecule has 8 heteroatoms. The first-order chi connectivity index (χ1) is 17.3. The number of hydrogen-bond donors (Lipinski definition) is 1. The fourth-order valence-electron chi connectivity index (χ4n) is 5.50. The zero-order valence-corrected chi connectivity index (χ0v) is 21.8. The third-order valence-corrected chi connectivity index (χ3v) is 7.98. The van der Waals surface area contributed by atoms with Crippen molar-refractivity contribution in [3.05, 3.63) is 75.7 Å². The molecule has 3 heterocycles. The molecule has 0 unspecified atom stereocenters.